The van der Waals surface area contributed by atoms with Crippen LogP contribution in [0.25, 0.3) is 0 Å². The number of anilines is 2. The Labute approximate surface area is 131 Å². The normalized spacial score (nSPS) is 25.0. The van der Waals surface area contributed by atoms with Crippen molar-refractivity contribution in [2.75, 3.05) is 29.4 Å². The van der Waals surface area contributed by atoms with Gasteiger partial charge in [0.1, 0.15) is 0 Å². The van der Waals surface area contributed by atoms with Crippen LogP contribution in [0.4, 0.5) is 11.9 Å². The van der Waals surface area contributed by atoms with Gasteiger partial charge in [-0.2, -0.15) is 15.0 Å². The van der Waals surface area contributed by atoms with Crippen LogP contribution in [0.15, 0.2) is 0 Å². The number of rotatable bonds is 4. The first-order valence-electron chi connectivity index (χ1n) is 8.16. The van der Waals surface area contributed by atoms with Gasteiger partial charge in [-0.1, -0.05) is 12.8 Å². The summed E-state index contributed by atoms with van der Waals surface area (Å²) in [5, 5.41) is 0.307. The van der Waals surface area contributed by atoms with E-state index in [1.807, 2.05) is 0 Å². The summed E-state index contributed by atoms with van der Waals surface area (Å²) in [5.41, 5.74) is 0. The zero-order chi connectivity index (χ0) is 14.8. The Balaban J connectivity index is 1.88. The van der Waals surface area contributed by atoms with Crippen LogP contribution in [0.2, 0.25) is 5.28 Å². The van der Waals surface area contributed by atoms with Gasteiger partial charge in [0, 0.05) is 25.7 Å². The maximum atomic E-state index is 6.15. The lowest BCUT2D eigenvalue weighted by Crippen LogP contribution is -2.36. The summed E-state index contributed by atoms with van der Waals surface area (Å²) in [5.74, 6) is 2.28. The summed E-state index contributed by atoms with van der Waals surface area (Å²) in [7, 11) is 0. The van der Waals surface area contributed by atoms with Crippen LogP contribution in [-0.4, -0.2) is 40.6 Å². The van der Waals surface area contributed by atoms with Gasteiger partial charge in [0.05, 0.1) is 0 Å². The van der Waals surface area contributed by atoms with E-state index in [0.717, 1.165) is 31.5 Å². The molecule has 2 atom stereocenters. The average molecular weight is 310 g/mol. The van der Waals surface area contributed by atoms with E-state index in [0.29, 0.717) is 17.3 Å². The molecule has 0 radical (unpaired) electrons. The Bertz CT molecular complexity index is 491. The van der Waals surface area contributed by atoms with Crippen molar-refractivity contribution in [3.63, 3.8) is 0 Å². The molecule has 0 amide bonds. The molecule has 2 aliphatic rings. The van der Waals surface area contributed by atoms with Crippen LogP contribution in [0.1, 0.15) is 46.0 Å². The van der Waals surface area contributed by atoms with Crippen molar-refractivity contribution in [3.8, 4) is 0 Å². The Kier molecular flexibility index (Phi) is 4.48. The van der Waals surface area contributed by atoms with Crippen molar-refractivity contribution < 1.29 is 0 Å². The molecule has 0 bridgehead atoms. The Morgan fingerprint density at radius 2 is 1.86 bits per heavy atom. The quantitative estimate of drug-likeness (QED) is 0.855. The first-order chi connectivity index (χ1) is 10.2. The Hall–Kier alpha value is -1.10. The lowest BCUT2D eigenvalue weighted by atomic mass is 9.85. The Morgan fingerprint density at radius 3 is 2.62 bits per heavy atom. The van der Waals surface area contributed by atoms with E-state index in [-0.39, 0.29) is 0 Å². The van der Waals surface area contributed by atoms with Crippen LogP contribution in [0.3, 0.4) is 0 Å². The number of fused-ring (bicyclic) bond motifs is 1. The predicted molar refractivity (Wildman–Crippen MR) is 86.1 cm³/mol. The standard InChI is InChI=1S/C15H24ClN5/c1-3-20(4-2)14-17-13(16)18-15(19-14)21-10-9-11-7-5-6-8-12(11)21/h11-12H,3-10H2,1-2H3. The molecule has 0 aromatic carbocycles. The molecule has 1 aliphatic heterocycles. The lowest BCUT2D eigenvalue weighted by molar-refractivity contribution is 0.340. The van der Waals surface area contributed by atoms with Crippen molar-refractivity contribution in [1.29, 1.82) is 0 Å². The molecule has 1 aliphatic carbocycles. The van der Waals surface area contributed by atoms with Gasteiger partial charge in [-0.15, -0.1) is 0 Å². The van der Waals surface area contributed by atoms with Crippen molar-refractivity contribution >= 4 is 23.5 Å². The molecule has 116 valence electrons. The van der Waals surface area contributed by atoms with E-state index in [4.69, 9.17) is 16.6 Å². The topological polar surface area (TPSA) is 45.2 Å². The average Bonchev–Trinajstić information content (AvgIpc) is 2.92. The van der Waals surface area contributed by atoms with E-state index in [2.05, 4.69) is 33.6 Å². The minimum absolute atomic E-state index is 0.307. The van der Waals surface area contributed by atoms with Gasteiger partial charge < -0.3 is 9.80 Å². The summed E-state index contributed by atoms with van der Waals surface area (Å²) < 4.78 is 0. The number of hydrogen-bond donors (Lipinski definition) is 0. The summed E-state index contributed by atoms with van der Waals surface area (Å²) in [4.78, 5) is 17.9. The Morgan fingerprint density at radius 1 is 1.10 bits per heavy atom. The third kappa shape index (κ3) is 2.93. The number of hydrogen-bond acceptors (Lipinski definition) is 5. The maximum absolute atomic E-state index is 6.15. The van der Waals surface area contributed by atoms with E-state index in [9.17, 15) is 0 Å². The number of halogens is 1. The van der Waals surface area contributed by atoms with Gasteiger partial charge >= 0.3 is 0 Å². The van der Waals surface area contributed by atoms with Crippen LogP contribution >= 0.6 is 11.6 Å². The van der Waals surface area contributed by atoms with Crippen molar-refractivity contribution in [3.05, 3.63) is 5.28 Å². The van der Waals surface area contributed by atoms with E-state index in [1.165, 1.54) is 32.1 Å². The van der Waals surface area contributed by atoms with Gasteiger partial charge in [-0.3, -0.25) is 0 Å². The molecule has 0 N–H and O–H groups in total. The van der Waals surface area contributed by atoms with E-state index < -0.39 is 0 Å². The van der Waals surface area contributed by atoms with E-state index >= 15 is 0 Å². The summed E-state index contributed by atoms with van der Waals surface area (Å²) in [6, 6.07) is 0.599. The molecule has 2 fully saturated rings. The largest absolute Gasteiger partial charge is 0.341 e. The highest BCUT2D eigenvalue weighted by Crippen LogP contribution is 2.38. The molecule has 0 spiro atoms. The highest BCUT2D eigenvalue weighted by atomic mass is 35.5. The summed E-state index contributed by atoms with van der Waals surface area (Å²) >= 11 is 6.15. The second-order valence-corrected chi connectivity index (χ2v) is 6.31. The van der Waals surface area contributed by atoms with Crippen LogP contribution in [-0.2, 0) is 0 Å². The molecule has 5 nitrogen and oxygen atoms in total. The molecule has 1 saturated heterocycles. The summed E-state index contributed by atoms with van der Waals surface area (Å²) in [6.45, 7) is 7.01. The highest BCUT2D eigenvalue weighted by Gasteiger charge is 2.37. The molecule has 1 aromatic rings. The minimum Gasteiger partial charge on any atom is -0.341 e. The van der Waals surface area contributed by atoms with E-state index in [1.54, 1.807) is 0 Å². The lowest BCUT2D eigenvalue weighted by Gasteiger charge is -2.32. The van der Waals surface area contributed by atoms with Gasteiger partial charge in [0.15, 0.2) is 0 Å². The zero-order valence-corrected chi connectivity index (χ0v) is 13.7. The molecule has 2 heterocycles. The molecular formula is C15H24ClN5. The molecule has 21 heavy (non-hydrogen) atoms. The fraction of sp³-hybridized carbons (Fsp3) is 0.800. The third-order valence-corrected chi connectivity index (χ3v) is 5.07. The molecule has 1 saturated carbocycles. The SMILES string of the molecule is CCN(CC)c1nc(Cl)nc(N2CCC3CCCCC32)n1. The van der Waals surface area contributed by atoms with Crippen molar-refractivity contribution in [1.82, 2.24) is 15.0 Å². The number of nitrogens with zero attached hydrogens (tertiary/aromatic N) is 5. The smallest absolute Gasteiger partial charge is 0.231 e. The molecule has 3 rings (SSSR count). The van der Waals surface area contributed by atoms with Crippen LogP contribution in [0.5, 0.6) is 0 Å². The zero-order valence-electron chi connectivity index (χ0n) is 12.9. The number of aromatic nitrogens is 3. The molecule has 2 unspecified atom stereocenters. The predicted octanol–water partition coefficient (Wildman–Crippen LogP) is 3.14. The van der Waals surface area contributed by atoms with Gasteiger partial charge in [0.25, 0.3) is 0 Å². The second kappa shape index (κ2) is 6.34. The monoisotopic (exact) mass is 309 g/mol. The first-order valence-corrected chi connectivity index (χ1v) is 8.53. The second-order valence-electron chi connectivity index (χ2n) is 5.97. The van der Waals surface area contributed by atoms with Crippen molar-refractivity contribution in [2.24, 2.45) is 5.92 Å². The fourth-order valence-corrected chi connectivity index (χ4v) is 3.91. The summed E-state index contributed by atoms with van der Waals surface area (Å²) in [6.07, 6.45) is 6.56. The van der Waals surface area contributed by atoms with Crippen LogP contribution in [0, 0.1) is 5.92 Å². The van der Waals surface area contributed by atoms with Gasteiger partial charge in [-0.05, 0) is 50.6 Å². The third-order valence-electron chi connectivity index (χ3n) is 4.90. The fourth-order valence-electron chi connectivity index (χ4n) is 3.76. The van der Waals surface area contributed by atoms with Gasteiger partial charge in [0.2, 0.25) is 17.2 Å². The molecule has 1 aromatic heterocycles. The molecule has 6 heteroatoms. The molecular weight excluding hydrogens is 286 g/mol. The van der Waals surface area contributed by atoms with Crippen molar-refractivity contribution in [2.45, 2.75) is 52.0 Å². The highest BCUT2D eigenvalue weighted by molar-refractivity contribution is 6.28. The van der Waals surface area contributed by atoms with Crippen LogP contribution < -0.4 is 9.80 Å². The van der Waals surface area contributed by atoms with Gasteiger partial charge in [-0.25, -0.2) is 0 Å². The maximum Gasteiger partial charge on any atom is 0.231 e. The first kappa shape index (κ1) is 14.8. The minimum atomic E-state index is 0.307.